The van der Waals surface area contributed by atoms with Crippen molar-refractivity contribution in [1.82, 2.24) is 15.5 Å². The maximum absolute atomic E-state index is 13.4. The van der Waals surface area contributed by atoms with Gasteiger partial charge in [0.25, 0.3) is 0 Å². The van der Waals surface area contributed by atoms with Crippen molar-refractivity contribution in [2.45, 2.75) is 56.8 Å². The Morgan fingerprint density at radius 1 is 1.03 bits per heavy atom. The first-order valence-corrected chi connectivity index (χ1v) is 12.8. The molecule has 1 fully saturated rings. The molecule has 2 aromatic rings. The number of hydrogen-bond acceptors (Lipinski definition) is 7. The van der Waals surface area contributed by atoms with Crippen LogP contribution in [0.1, 0.15) is 36.8 Å². The molecule has 4 N–H and O–H groups in total. The van der Waals surface area contributed by atoms with E-state index >= 15 is 0 Å². The first kappa shape index (κ1) is 28.6. The fourth-order valence-electron chi connectivity index (χ4n) is 4.38. The lowest BCUT2D eigenvalue weighted by atomic mass is 10.0. The summed E-state index contributed by atoms with van der Waals surface area (Å²) in [5.74, 6) is -1.31. The standard InChI is InChI=1S/C28H36N4O6/c1-37-27(35)24-15-9-17-32(24)26(34)23(31-25(33)22(29)18-20-10-4-2-5-11-20)14-8-16-30-28(36)38-19-21-12-6-3-7-13-21/h2-7,10-13,22-24H,8-9,14-19,29H2,1H3,(H,30,36)(H,31,33)/t22-,23-,24+/m0/s1. The molecular weight excluding hydrogens is 488 g/mol. The number of nitrogens with zero attached hydrogens (tertiary/aromatic N) is 1. The summed E-state index contributed by atoms with van der Waals surface area (Å²) in [6.07, 6.45) is 1.54. The highest BCUT2D eigenvalue weighted by Crippen LogP contribution is 2.20. The first-order valence-electron chi connectivity index (χ1n) is 12.8. The lowest BCUT2D eigenvalue weighted by Crippen LogP contribution is -2.55. The zero-order chi connectivity index (χ0) is 27.3. The maximum Gasteiger partial charge on any atom is 0.407 e. The molecule has 204 valence electrons. The van der Waals surface area contributed by atoms with Crippen LogP contribution >= 0.6 is 0 Å². The summed E-state index contributed by atoms with van der Waals surface area (Å²) in [6, 6.07) is 16.2. The second kappa shape index (κ2) is 14.7. The SMILES string of the molecule is COC(=O)[C@H]1CCCN1C(=O)[C@H](CCCNC(=O)OCc1ccccc1)NC(=O)[C@@H](N)Cc1ccccc1. The maximum atomic E-state index is 13.4. The van der Waals surface area contributed by atoms with E-state index in [0.29, 0.717) is 32.2 Å². The minimum Gasteiger partial charge on any atom is -0.467 e. The Kier molecular flexibility index (Phi) is 11.1. The van der Waals surface area contributed by atoms with E-state index in [9.17, 15) is 19.2 Å². The second-order valence-electron chi connectivity index (χ2n) is 9.20. The lowest BCUT2D eigenvalue weighted by Gasteiger charge is -2.28. The van der Waals surface area contributed by atoms with Crippen molar-refractivity contribution >= 4 is 23.9 Å². The van der Waals surface area contributed by atoms with Crippen molar-refractivity contribution in [2.24, 2.45) is 5.73 Å². The monoisotopic (exact) mass is 524 g/mol. The molecule has 2 aromatic carbocycles. The third kappa shape index (κ3) is 8.58. The number of nitrogens with one attached hydrogen (secondary N) is 2. The average molecular weight is 525 g/mol. The molecule has 1 heterocycles. The van der Waals surface area contributed by atoms with E-state index in [1.165, 1.54) is 12.0 Å². The zero-order valence-electron chi connectivity index (χ0n) is 21.6. The molecule has 10 heteroatoms. The van der Waals surface area contributed by atoms with Gasteiger partial charge in [-0.15, -0.1) is 0 Å². The number of methoxy groups -OCH3 is 1. The van der Waals surface area contributed by atoms with Gasteiger partial charge in [-0.3, -0.25) is 9.59 Å². The van der Waals surface area contributed by atoms with E-state index in [2.05, 4.69) is 10.6 Å². The van der Waals surface area contributed by atoms with Crippen LogP contribution in [0, 0.1) is 0 Å². The molecule has 0 saturated carbocycles. The Bertz CT molecular complexity index is 1070. The molecule has 0 aliphatic carbocycles. The van der Waals surface area contributed by atoms with Crippen LogP contribution in [-0.2, 0) is 36.9 Å². The van der Waals surface area contributed by atoms with Gasteiger partial charge >= 0.3 is 12.1 Å². The van der Waals surface area contributed by atoms with Gasteiger partial charge in [-0.05, 0) is 43.2 Å². The van der Waals surface area contributed by atoms with Crippen LogP contribution in [0.5, 0.6) is 0 Å². The summed E-state index contributed by atoms with van der Waals surface area (Å²) in [4.78, 5) is 52.1. The number of hydrogen-bond donors (Lipinski definition) is 3. The van der Waals surface area contributed by atoms with Gasteiger partial charge in [-0.25, -0.2) is 9.59 Å². The van der Waals surface area contributed by atoms with Gasteiger partial charge in [0.1, 0.15) is 18.7 Å². The van der Waals surface area contributed by atoms with Crippen LogP contribution in [0.2, 0.25) is 0 Å². The van der Waals surface area contributed by atoms with E-state index in [4.69, 9.17) is 15.2 Å². The van der Waals surface area contributed by atoms with Gasteiger partial charge in [0.2, 0.25) is 11.8 Å². The number of likely N-dealkylation sites (tertiary alicyclic amines) is 1. The number of carbonyl (C=O) groups is 4. The summed E-state index contributed by atoms with van der Waals surface area (Å²) in [7, 11) is 1.29. The average Bonchev–Trinajstić information content (AvgIpc) is 3.44. The van der Waals surface area contributed by atoms with Gasteiger partial charge in [-0.1, -0.05) is 60.7 Å². The molecule has 1 aliphatic heterocycles. The smallest absolute Gasteiger partial charge is 0.407 e. The van der Waals surface area contributed by atoms with Gasteiger partial charge in [0, 0.05) is 13.1 Å². The second-order valence-corrected chi connectivity index (χ2v) is 9.20. The Morgan fingerprint density at radius 3 is 2.34 bits per heavy atom. The number of esters is 1. The van der Waals surface area contributed by atoms with Gasteiger partial charge < -0.3 is 30.7 Å². The molecule has 0 radical (unpaired) electrons. The minimum absolute atomic E-state index is 0.146. The highest BCUT2D eigenvalue weighted by molar-refractivity contribution is 5.92. The predicted molar refractivity (Wildman–Crippen MR) is 141 cm³/mol. The van der Waals surface area contributed by atoms with Crippen LogP contribution in [0.25, 0.3) is 0 Å². The fraction of sp³-hybridized carbons (Fsp3) is 0.429. The number of nitrogens with two attached hydrogens (primary N) is 1. The van der Waals surface area contributed by atoms with Crippen molar-refractivity contribution in [3.8, 4) is 0 Å². The first-order chi connectivity index (χ1) is 18.4. The Morgan fingerprint density at radius 2 is 1.68 bits per heavy atom. The summed E-state index contributed by atoms with van der Waals surface area (Å²) in [5, 5.41) is 5.44. The summed E-state index contributed by atoms with van der Waals surface area (Å²) in [5.41, 5.74) is 7.91. The van der Waals surface area contributed by atoms with E-state index in [-0.39, 0.29) is 25.5 Å². The third-order valence-electron chi connectivity index (χ3n) is 6.41. The normalized spacial score (nSPS) is 16.3. The Labute approximate surface area is 222 Å². The molecule has 0 bridgehead atoms. The van der Waals surface area contributed by atoms with Gasteiger partial charge in [0.05, 0.1) is 13.2 Å². The van der Waals surface area contributed by atoms with Crippen molar-refractivity contribution in [3.05, 3.63) is 71.8 Å². The number of benzene rings is 2. The van der Waals surface area contributed by atoms with E-state index in [1.54, 1.807) is 0 Å². The molecule has 0 unspecified atom stereocenters. The summed E-state index contributed by atoms with van der Waals surface area (Å²) >= 11 is 0. The molecule has 0 spiro atoms. The molecule has 38 heavy (non-hydrogen) atoms. The quantitative estimate of drug-likeness (QED) is 0.285. The van der Waals surface area contributed by atoms with Crippen LogP contribution in [-0.4, -0.2) is 67.1 Å². The van der Waals surface area contributed by atoms with Crippen LogP contribution in [0.15, 0.2) is 60.7 Å². The van der Waals surface area contributed by atoms with E-state index in [0.717, 1.165) is 11.1 Å². The van der Waals surface area contributed by atoms with Gasteiger partial charge in [-0.2, -0.15) is 0 Å². The molecule has 10 nitrogen and oxygen atoms in total. The van der Waals surface area contributed by atoms with Crippen LogP contribution < -0.4 is 16.4 Å². The van der Waals surface area contributed by atoms with E-state index in [1.807, 2.05) is 60.7 Å². The molecule has 3 rings (SSSR count). The fourth-order valence-corrected chi connectivity index (χ4v) is 4.38. The highest BCUT2D eigenvalue weighted by atomic mass is 16.5. The number of rotatable bonds is 12. The van der Waals surface area contributed by atoms with Crippen molar-refractivity contribution in [1.29, 1.82) is 0 Å². The topological polar surface area (TPSA) is 140 Å². The predicted octanol–water partition coefficient (Wildman–Crippen LogP) is 1.91. The van der Waals surface area contributed by atoms with Gasteiger partial charge in [0.15, 0.2) is 0 Å². The number of ether oxygens (including phenoxy) is 2. The molecule has 3 atom stereocenters. The molecule has 1 saturated heterocycles. The molecule has 1 aliphatic rings. The Balaban J connectivity index is 1.56. The Hall–Kier alpha value is -3.92. The van der Waals surface area contributed by atoms with Crippen molar-refractivity contribution < 1.29 is 28.7 Å². The largest absolute Gasteiger partial charge is 0.467 e. The number of alkyl carbamates (subject to hydrolysis) is 1. The lowest BCUT2D eigenvalue weighted by molar-refractivity contribution is -0.152. The summed E-state index contributed by atoms with van der Waals surface area (Å²) in [6.45, 7) is 0.780. The van der Waals surface area contributed by atoms with Crippen LogP contribution in [0.3, 0.4) is 0 Å². The minimum atomic E-state index is -0.906. The van der Waals surface area contributed by atoms with E-state index < -0.39 is 36.1 Å². The zero-order valence-corrected chi connectivity index (χ0v) is 21.6. The molecule has 0 aromatic heterocycles. The third-order valence-corrected chi connectivity index (χ3v) is 6.41. The number of amides is 3. The molecular formula is C28H36N4O6. The summed E-state index contributed by atoms with van der Waals surface area (Å²) < 4.78 is 10.1. The van der Waals surface area contributed by atoms with Crippen LogP contribution in [0.4, 0.5) is 4.79 Å². The van der Waals surface area contributed by atoms with Crippen molar-refractivity contribution in [2.75, 3.05) is 20.2 Å². The van der Waals surface area contributed by atoms with Crippen molar-refractivity contribution in [3.63, 3.8) is 0 Å². The highest BCUT2D eigenvalue weighted by Gasteiger charge is 2.38. The molecule has 3 amide bonds. The number of carbonyl (C=O) groups excluding carboxylic acids is 4.